The van der Waals surface area contributed by atoms with Crippen molar-refractivity contribution >= 4 is 46.7 Å². The number of rotatable bonds is 4. The fraction of sp³-hybridized carbons (Fsp3) is 0.0909. The predicted octanol–water partition coefficient (Wildman–Crippen LogP) is 5.68. The Kier molecular flexibility index (Phi) is 5.39. The predicted molar refractivity (Wildman–Crippen MR) is 121 cm³/mol. The topological polar surface area (TPSA) is 87.8 Å². The smallest absolute Gasteiger partial charge is 0.278 e. The first-order chi connectivity index (χ1) is 14.8. The van der Waals surface area contributed by atoms with E-state index in [0.29, 0.717) is 32.4 Å². The van der Waals surface area contributed by atoms with Gasteiger partial charge in [-0.15, -0.1) is 0 Å². The molecule has 9 heteroatoms. The first kappa shape index (κ1) is 20.8. The summed E-state index contributed by atoms with van der Waals surface area (Å²) in [6, 6.07) is 18.2. The number of anilines is 1. The summed E-state index contributed by atoms with van der Waals surface area (Å²) in [4.78, 5) is 24.2. The van der Waals surface area contributed by atoms with E-state index < -0.39 is 10.6 Å². The standard InChI is InChI=1S/C22H16Cl2N4O3/c1-22(15-7-5-8-16(12-15)28(30)31)26-19-11-3-2-9-17(19)21(29)27(22)25-13-14-6-4-10-18(23)20(14)24/h2-13,26H,1H3. The minimum Gasteiger partial charge on any atom is -0.357 e. The second-order valence-corrected chi connectivity index (χ2v) is 7.84. The summed E-state index contributed by atoms with van der Waals surface area (Å²) in [5.74, 6) is -0.363. The number of fused-ring (bicyclic) bond motifs is 1. The molecule has 1 amide bonds. The summed E-state index contributed by atoms with van der Waals surface area (Å²) < 4.78 is 0. The van der Waals surface area contributed by atoms with Gasteiger partial charge in [-0.1, -0.05) is 59.6 Å². The van der Waals surface area contributed by atoms with Crippen molar-refractivity contribution in [2.75, 3.05) is 5.32 Å². The summed E-state index contributed by atoms with van der Waals surface area (Å²) >= 11 is 12.3. The molecule has 0 bridgehead atoms. The number of para-hydroxylation sites is 1. The molecule has 0 aliphatic carbocycles. The first-order valence-corrected chi connectivity index (χ1v) is 10.0. The van der Waals surface area contributed by atoms with Gasteiger partial charge in [0.25, 0.3) is 11.6 Å². The summed E-state index contributed by atoms with van der Waals surface area (Å²) in [5.41, 5.74) is 0.780. The Labute approximate surface area is 188 Å². The molecule has 156 valence electrons. The van der Waals surface area contributed by atoms with Crippen molar-refractivity contribution in [3.8, 4) is 0 Å². The molecule has 1 aliphatic heterocycles. The van der Waals surface area contributed by atoms with E-state index in [0.717, 1.165) is 0 Å². The third-order valence-electron chi connectivity index (χ3n) is 5.06. The number of carbonyl (C=O) groups excluding carboxylic acids is 1. The fourth-order valence-electron chi connectivity index (χ4n) is 3.44. The molecule has 4 rings (SSSR count). The highest BCUT2D eigenvalue weighted by atomic mass is 35.5. The molecule has 0 radical (unpaired) electrons. The van der Waals surface area contributed by atoms with Crippen molar-refractivity contribution in [1.82, 2.24) is 5.01 Å². The largest absolute Gasteiger partial charge is 0.357 e. The number of nitro groups is 1. The van der Waals surface area contributed by atoms with E-state index in [9.17, 15) is 14.9 Å². The van der Waals surface area contributed by atoms with Crippen LogP contribution in [0, 0.1) is 10.1 Å². The molecule has 31 heavy (non-hydrogen) atoms. The van der Waals surface area contributed by atoms with E-state index in [1.165, 1.54) is 23.4 Å². The van der Waals surface area contributed by atoms with Gasteiger partial charge in [0.1, 0.15) is 0 Å². The number of hydrogen-bond donors (Lipinski definition) is 1. The molecule has 1 unspecified atom stereocenters. The maximum absolute atomic E-state index is 13.4. The number of nitrogens with zero attached hydrogens (tertiary/aromatic N) is 3. The Morgan fingerprint density at radius 2 is 1.84 bits per heavy atom. The van der Waals surface area contributed by atoms with Gasteiger partial charge in [-0.25, -0.2) is 0 Å². The molecule has 0 saturated carbocycles. The van der Waals surface area contributed by atoms with Gasteiger partial charge in [0.2, 0.25) is 0 Å². The monoisotopic (exact) mass is 454 g/mol. The molecule has 1 aliphatic rings. The molecule has 0 spiro atoms. The van der Waals surface area contributed by atoms with Gasteiger partial charge in [-0.05, 0) is 25.1 Å². The first-order valence-electron chi connectivity index (χ1n) is 9.26. The summed E-state index contributed by atoms with van der Waals surface area (Å²) in [6.45, 7) is 1.73. The number of hydrogen-bond acceptors (Lipinski definition) is 5. The molecule has 7 nitrogen and oxygen atoms in total. The number of non-ortho nitro benzene ring substituents is 1. The zero-order valence-electron chi connectivity index (χ0n) is 16.3. The lowest BCUT2D eigenvalue weighted by Gasteiger charge is -2.43. The van der Waals surface area contributed by atoms with Crippen molar-refractivity contribution in [3.63, 3.8) is 0 Å². The van der Waals surface area contributed by atoms with Gasteiger partial charge in [0, 0.05) is 28.9 Å². The Hall–Kier alpha value is -3.42. The van der Waals surface area contributed by atoms with Gasteiger partial charge in [0.15, 0.2) is 5.66 Å². The summed E-state index contributed by atoms with van der Waals surface area (Å²) in [7, 11) is 0. The van der Waals surface area contributed by atoms with Crippen molar-refractivity contribution in [3.05, 3.63) is 104 Å². The molecular weight excluding hydrogens is 439 g/mol. The molecule has 0 fully saturated rings. The van der Waals surface area contributed by atoms with E-state index in [-0.39, 0.29) is 11.6 Å². The molecule has 1 N–H and O–H groups in total. The maximum Gasteiger partial charge on any atom is 0.278 e. The Balaban J connectivity index is 1.85. The van der Waals surface area contributed by atoms with Gasteiger partial charge in [0.05, 0.1) is 26.7 Å². The zero-order chi connectivity index (χ0) is 22.2. The van der Waals surface area contributed by atoms with Crippen LogP contribution in [-0.2, 0) is 5.66 Å². The lowest BCUT2D eigenvalue weighted by atomic mass is 9.95. The van der Waals surface area contributed by atoms with Crippen LogP contribution in [0.3, 0.4) is 0 Å². The van der Waals surface area contributed by atoms with E-state index in [4.69, 9.17) is 23.2 Å². The second-order valence-electron chi connectivity index (χ2n) is 7.05. The van der Waals surface area contributed by atoms with E-state index in [1.807, 2.05) is 0 Å². The molecule has 1 heterocycles. The van der Waals surface area contributed by atoms with E-state index in [1.54, 1.807) is 61.5 Å². The minimum atomic E-state index is -1.20. The number of hydrazone groups is 1. The van der Waals surface area contributed by atoms with Crippen molar-refractivity contribution in [2.24, 2.45) is 5.10 Å². The van der Waals surface area contributed by atoms with Crippen LogP contribution < -0.4 is 5.32 Å². The van der Waals surface area contributed by atoms with Crippen LogP contribution in [-0.4, -0.2) is 22.1 Å². The lowest BCUT2D eigenvalue weighted by Crippen LogP contribution is -2.53. The van der Waals surface area contributed by atoms with Crippen molar-refractivity contribution in [2.45, 2.75) is 12.6 Å². The van der Waals surface area contributed by atoms with Crippen LogP contribution in [0.4, 0.5) is 11.4 Å². The van der Waals surface area contributed by atoms with E-state index in [2.05, 4.69) is 10.4 Å². The third kappa shape index (κ3) is 3.73. The third-order valence-corrected chi connectivity index (χ3v) is 5.90. The van der Waals surface area contributed by atoms with Gasteiger partial charge >= 0.3 is 0 Å². The van der Waals surface area contributed by atoms with Gasteiger partial charge < -0.3 is 5.32 Å². The molecule has 3 aromatic carbocycles. The number of benzene rings is 3. The molecule has 1 atom stereocenters. The number of carbonyl (C=O) groups is 1. The van der Waals surface area contributed by atoms with Crippen LogP contribution in [0.5, 0.6) is 0 Å². The number of nitro benzene ring substituents is 1. The molecule has 3 aromatic rings. The normalized spacial score (nSPS) is 18.0. The number of amides is 1. The van der Waals surface area contributed by atoms with Gasteiger partial charge in [-0.2, -0.15) is 10.1 Å². The SMILES string of the molecule is CC1(c2cccc([N+](=O)[O-])c2)Nc2ccccc2C(=O)N1N=Cc1cccc(Cl)c1Cl. The highest BCUT2D eigenvalue weighted by Crippen LogP contribution is 2.39. The van der Waals surface area contributed by atoms with Crippen LogP contribution in [0.15, 0.2) is 71.8 Å². The van der Waals surface area contributed by atoms with Crippen LogP contribution >= 0.6 is 23.2 Å². The fourth-order valence-corrected chi connectivity index (χ4v) is 3.79. The van der Waals surface area contributed by atoms with Gasteiger partial charge in [-0.3, -0.25) is 14.9 Å². The molecular formula is C22H16Cl2N4O3. The van der Waals surface area contributed by atoms with Crippen molar-refractivity contribution < 1.29 is 9.72 Å². The highest BCUT2D eigenvalue weighted by molar-refractivity contribution is 6.43. The maximum atomic E-state index is 13.4. The van der Waals surface area contributed by atoms with Crippen LogP contribution in [0.2, 0.25) is 10.0 Å². The Morgan fingerprint density at radius 3 is 2.61 bits per heavy atom. The highest BCUT2D eigenvalue weighted by Gasteiger charge is 2.43. The summed E-state index contributed by atoms with van der Waals surface area (Å²) in [5, 5.41) is 21.0. The average Bonchev–Trinajstić information content (AvgIpc) is 2.76. The Bertz CT molecular complexity index is 1230. The molecule has 0 aromatic heterocycles. The van der Waals surface area contributed by atoms with Crippen molar-refractivity contribution in [1.29, 1.82) is 0 Å². The van der Waals surface area contributed by atoms with Crippen LogP contribution in [0.1, 0.15) is 28.4 Å². The number of halogens is 2. The summed E-state index contributed by atoms with van der Waals surface area (Å²) in [6.07, 6.45) is 1.44. The molecule has 0 saturated heterocycles. The zero-order valence-corrected chi connectivity index (χ0v) is 17.8. The lowest BCUT2D eigenvalue weighted by molar-refractivity contribution is -0.385. The quantitative estimate of drug-likeness (QED) is 0.312. The Morgan fingerprint density at radius 1 is 1.10 bits per heavy atom. The van der Waals surface area contributed by atoms with E-state index >= 15 is 0 Å². The average molecular weight is 455 g/mol. The number of nitrogens with one attached hydrogen (secondary N) is 1. The minimum absolute atomic E-state index is 0.0892. The van der Waals surface area contributed by atoms with Crippen LogP contribution in [0.25, 0.3) is 0 Å². The second kappa shape index (κ2) is 8.02.